The summed E-state index contributed by atoms with van der Waals surface area (Å²) < 4.78 is 4.89. The Bertz CT molecular complexity index is 207. The molecule has 1 rings (SSSR count). The molecule has 0 saturated carbocycles. The molecule has 4 N–H and O–H groups in total. The van der Waals surface area contributed by atoms with Crippen LogP contribution in [0.15, 0.2) is 16.7 Å². The van der Waals surface area contributed by atoms with Gasteiger partial charge in [0.05, 0.1) is 6.26 Å². The third-order valence-electron chi connectivity index (χ3n) is 1.51. The average Bonchev–Trinajstić information content (AvgIpc) is 2.34. The molecule has 0 aliphatic carbocycles. The molecule has 1 aromatic rings. The van der Waals surface area contributed by atoms with Crippen LogP contribution in [0.2, 0.25) is 0 Å². The second-order valence-corrected chi connectivity index (χ2v) is 2.30. The van der Waals surface area contributed by atoms with Crippen LogP contribution in [-0.2, 0) is 0 Å². The lowest BCUT2D eigenvalue weighted by molar-refractivity contribution is 0.575. The fourth-order valence-corrected chi connectivity index (χ4v) is 0.799. The van der Waals surface area contributed by atoms with E-state index in [0.29, 0.717) is 5.88 Å². The normalized spacial score (nSPS) is 13.4. The van der Waals surface area contributed by atoms with Crippen molar-refractivity contribution in [2.45, 2.75) is 19.4 Å². The molecular weight excluding hydrogens is 128 g/mol. The number of anilines is 1. The van der Waals surface area contributed by atoms with Gasteiger partial charge in [-0.3, -0.25) is 0 Å². The molecule has 1 aromatic heterocycles. The molecule has 0 spiro atoms. The summed E-state index contributed by atoms with van der Waals surface area (Å²) in [7, 11) is 0. The Kier molecular flexibility index (Phi) is 1.97. The van der Waals surface area contributed by atoms with Crippen molar-refractivity contribution in [2.75, 3.05) is 5.73 Å². The smallest absolute Gasteiger partial charge is 0.190 e. The predicted molar refractivity (Wildman–Crippen MR) is 40.3 cm³/mol. The largest absolute Gasteiger partial charge is 0.449 e. The summed E-state index contributed by atoms with van der Waals surface area (Å²) in [4.78, 5) is 0. The molecule has 56 valence electrons. The summed E-state index contributed by atoms with van der Waals surface area (Å²) in [5.74, 6) is 0.430. The van der Waals surface area contributed by atoms with Gasteiger partial charge >= 0.3 is 0 Å². The minimum Gasteiger partial charge on any atom is -0.449 e. The van der Waals surface area contributed by atoms with Crippen LogP contribution < -0.4 is 11.5 Å². The van der Waals surface area contributed by atoms with E-state index in [1.54, 1.807) is 12.3 Å². The highest BCUT2D eigenvalue weighted by Gasteiger charge is 2.05. The van der Waals surface area contributed by atoms with E-state index in [1.165, 1.54) is 0 Å². The van der Waals surface area contributed by atoms with Crippen LogP contribution in [0.1, 0.15) is 24.9 Å². The quantitative estimate of drug-likeness (QED) is 0.650. The van der Waals surface area contributed by atoms with E-state index in [9.17, 15) is 0 Å². The fraction of sp³-hybridized carbons (Fsp3) is 0.429. The molecule has 0 amide bonds. The maximum absolute atomic E-state index is 5.69. The van der Waals surface area contributed by atoms with Crippen molar-refractivity contribution >= 4 is 5.88 Å². The van der Waals surface area contributed by atoms with Gasteiger partial charge in [0.15, 0.2) is 5.88 Å². The molecule has 3 nitrogen and oxygen atoms in total. The lowest BCUT2D eigenvalue weighted by atomic mass is 10.1. The van der Waals surface area contributed by atoms with Gasteiger partial charge in [-0.1, -0.05) is 6.92 Å². The van der Waals surface area contributed by atoms with Gasteiger partial charge in [0, 0.05) is 17.7 Å². The van der Waals surface area contributed by atoms with Crippen molar-refractivity contribution in [1.82, 2.24) is 0 Å². The highest BCUT2D eigenvalue weighted by Crippen LogP contribution is 2.17. The number of rotatable bonds is 2. The Balaban J connectivity index is 2.74. The van der Waals surface area contributed by atoms with Gasteiger partial charge in [0.2, 0.25) is 0 Å². The maximum atomic E-state index is 5.69. The highest BCUT2D eigenvalue weighted by molar-refractivity contribution is 5.30. The van der Waals surface area contributed by atoms with Gasteiger partial charge in [0.1, 0.15) is 0 Å². The lowest BCUT2D eigenvalue weighted by Gasteiger charge is -2.02. The van der Waals surface area contributed by atoms with Crippen LogP contribution in [0.5, 0.6) is 0 Å². The second-order valence-electron chi connectivity index (χ2n) is 2.30. The first-order chi connectivity index (χ1) is 4.74. The summed E-state index contributed by atoms with van der Waals surface area (Å²) in [5.41, 5.74) is 12.0. The van der Waals surface area contributed by atoms with E-state index < -0.39 is 0 Å². The Hall–Kier alpha value is -0.960. The summed E-state index contributed by atoms with van der Waals surface area (Å²) in [6.45, 7) is 2.02. The predicted octanol–water partition coefficient (Wildman–Crippen LogP) is 1.27. The molecule has 0 aliphatic heterocycles. The van der Waals surface area contributed by atoms with E-state index in [1.807, 2.05) is 6.92 Å². The van der Waals surface area contributed by atoms with E-state index in [2.05, 4.69) is 0 Å². The summed E-state index contributed by atoms with van der Waals surface area (Å²) in [5, 5.41) is 0. The van der Waals surface area contributed by atoms with Gasteiger partial charge in [-0.05, 0) is 6.42 Å². The van der Waals surface area contributed by atoms with E-state index in [-0.39, 0.29) is 6.04 Å². The monoisotopic (exact) mass is 140 g/mol. The molecule has 0 radical (unpaired) electrons. The molecule has 0 aliphatic rings. The van der Waals surface area contributed by atoms with Gasteiger partial charge in [0.25, 0.3) is 0 Å². The van der Waals surface area contributed by atoms with E-state index >= 15 is 0 Å². The molecule has 0 unspecified atom stereocenters. The zero-order valence-electron chi connectivity index (χ0n) is 6.00. The molecule has 0 fully saturated rings. The van der Waals surface area contributed by atoms with E-state index in [4.69, 9.17) is 15.9 Å². The molecule has 0 saturated heterocycles. The number of hydrogen-bond donors (Lipinski definition) is 2. The molecule has 1 atom stereocenters. The Morgan fingerprint density at radius 2 is 2.40 bits per heavy atom. The molecule has 0 aromatic carbocycles. The summed E-state index contributed by atoms with van der Waals surface area (Å²) >= 11 is 0. The summed E-state index contributed by atoms with van der Waals surface area (Å²) in [6.07, 6.45) is 2.50. The third kappa shape index (κ3) is 1.30. The van der Waals surface area contributed by atoms with Crippen LogP contribution in [0.3, 0.4) is 0 Å². The van der Waals surface area contributed by atoms with Crippen molar-refractivity contribution in [3.63, 3.8) is 0 Å². The van der Waals surface area contributed by atoms with Crippen LogP contribution in [-0.4, -0.2) is 0 Å². The van der Waals surface area contributed by atoms with E-state index in [0.717, 1.165) is 12.0 Å². The molecule has 3 heteroatoms. The Labute approximate surface area is 60.0 Å². The first kappa shape index (κ1) is 7.15. The molecule has 10 heavy (non-hydrogen) atoms. The number of nitrogen functional groups attached to an aromatic ring is 1. The molecule has 0 bridgehead atoms. The first-order valence-corrected chi connectivity index (χ1v) is 3.33. The second kappa shape index (κ2) is 2.75. The number of hydrogen-bond acceptors (Lipinski definition) is 3. The highest BCUT2D eigenvalue weighted by atomic mass is 16.3. The van der Waals surface area contributed by atoms with Crippen LogP contribution >= 0.6 is 0 Å². The van der Waals surface area contributed by atoms with Crippen molar-refractivity contribution in [2.24, 2.45) is 5.73 Å². The van der Waals surface area contributed by atoms with Crippen molar-refractivity contribution in [3.8, 4) is 0 Å². The van der Waals surface area contributed by atoms with Crippen molar-refractivity contribution in [1.29, 1.82) is 0 Å². The Morgan fingerprint density at radius 1 is 1.70 bits per heavy atom. The third-order valence-corrected chi connectivity index (χ3v) is 1.51. The van der Waals surface area contributed by atoms with Gasteiger partial charge in [-0.2, -0.15) is 0 Å². The minimum atomic E-state index is 0.0565. The zero-order chi connectivity index (χ0) is 7.56. The van der Waals surface area contributed by atoms with Gasteiger partial charge in [-0.15, -0.1) is 0 Å². The van der Waals surface area contributed by atoms with Crippen LogP contribution in [0, 0.1) is 0 Å². The fourth-order valence-electron chi connectivity index (χ4n) is 0.799. The zero-order valence-corrected chi connectivity index (χ0v) is 6.00. The topological polar surface area (TPSA) is 65.2 Å². The van der Waals surface area contributed by atoms with Gasteiger partial charge < -0.3 is 15.9 Å². The molecule has 1 heterocycles. The average molecular weight is 140 g/mol. The summed E-state index contributed by atoms with van der Waals surface area (Å²) in [6, 6.07) is 1.81. The minimum absolute atomic E-state index is 0.0565. The van der Waals surface area contributed by atoms with Crippen molar-refractivity contribution in [3.05, 3.63) is 17.9 Å². The lowest BCUT2D eigenvalue weighted by Crippen LogP contribution is -2.06. The number of nitrogens with two attached hydrogens (primary N) is 2. The maximum Gasteiger partial charge on any atom is 0.190 e. The Morgan fingerprint density at radius 3 is 2.80 bits per heavy atom. The van der Waals surface area contributed by atoms with Gasteiger partial charge in [-0.25, -0.2) is 0 Å². The van der Waals surface area contributed by atoms with Crippen molar-refractivity contribution < 1.29 is 4.42 Å². The molecular formula is C7H12N2O. The standard InChI is InChI=1S/C7H12N2O/c1-2-6(8)5-3-7(9)10-4-5/h3-4,6H,2,8-9H2,1H3/t6-/m0/s1. The van der Waals surface area contributed by atoms with Crippen LogP contribution in [0.4, 0.5) is 5.88 Å². The first-order valence-electron chi connectivity index (χ1n) is 3.33. The van der Waals surface area contributed by atoms with Crippen LogP contribution in [0.25, 0.3) is 0 Å². The SMILES string of the molecule is CC[C@H](N)c1coc(N)c1. The number of furan rings is 1.